The Hall–Kier alpha value is -1.92. The van der Waals surface area contributed by atoms with Crippen molar-refractivity contribution < 1.29 is 19.2 Å². The molecule has 1 saturated heterocycles. The van der Waals surface area contributed by atoms with Crippen LogP contribution in [0.5, 0.6) is 0 Å². The van der Waals surface area contributed by atoms with Crippen molar-refractivity contribution in [2.75, 3.05) is 6.54 Å². The summed E-state index contributed by atoms with van der Waals surface area (Å²) in [6.07, 6.45) is 7.04. The average Bonchev–Trinajstić information content (AvgIpc) is 3.24. The van der Waals surface area contributed by atoms with Crippen LogP contribution >= 0.6 is 0 Å². The van der Waals surface area contributed by atoms with E-state index in [4.69, 9.17) is 9.63 Å². The Morgan fingerprint density at radius 3 is 2.74 bits per heavy atom. The second-order valence-corrected chi connectivity index (χ2v) is 6.51. The van der Waals surface area contributed by atoms with Crippen LogP contribution in [0.15, 0.2) is 4.52 Å². The number of hydrogen-bond donors (Lipinski definition) is 1. The van der Waals surface area contributed by atoms with Crippen LogP contribution in [0, 0.1) is 0 Å². The summed E-state index contributed by atoms with van der Waals surface area (Å²) >= 11 is 0. The first-order valence-electron chi connectivity index (χ1n) is 8.47. The van der Waals surface area contributed by atoms with Gasteiger partial charge in [-0.25, -0.2) is 0 Å². The van der Waals surface area contributed by atoms with Gasteiger partial charge >= 0.3 is 5.97 Å². The molecule has 1 saturated carbocycles. The molecule has 3 rings (SSSR count). The normalized spacial score (nSPS) is 21.9. The van der Waals surface area contributed by atoms with E-state index < -0.39 is 5.97 Å². The zero-order valence-electron chi connectivity index (χ0n) is 13.2. The van der Waals surface area contributed by atoms with Gasteiger partial charge in [0.1, 0.15) is 0 Å². The molecule has 0 unspecified atom stereocenters. The van der Waals surface area contributed by atoms with Crippen molar-refractivity contribution in [2.45, 2.75) is 69.7 Å². The molecule has 0 bridgehead atoms. The number of likely N-dealkylation sites (tertiary alicyclic amines) is 1. The van der Waals surface area contributed by atoms with Crippen LogP contribution in [0.4, 0.5) is 0 Å². The molecule has 1 N–H and O–H groups in total. The lowest BCUT2D eigenvalue weighted by Crippen LogP contribution is -2.36. The first-order valence-corrected chi connectivity index (χ1v) is 8.47. The number of aromatic nitrogens is 2. The Morgan fingerprint density at radius 2 is 2.00 bits per heavy atom. The summed E-state index contributed by atoms with van der Waals surface area (Å²) in [5.41, 5.74) is 0. The maximum absolute atomic E-state index is 12.3. The van der Waals surface area contributed by atoms with Crippen molar-refractivity contribution in [2.24, 2.45) is 0 Å². The second-order valence-electron chi connectivity index (χ2n) is 6.51. The van der Waals surface area contributed by atoms with E-state index in [2.05, 4.69) is 10.1 Å². The molecule has 1 aliphatic heterocycles. The van der Waals surface area contributed by atoms with Crippen molar-refractivity contribution >= 4 is 11.9 Å². The van der Waals surface area contributed by atoms with Gasteiger partial charge in [0, 0.05) is 31.3 Å². The summed E-state index contributed by atoms with van der Waals surface area (Å²) in [4.78, 5) is 29.3. The summed E-state index contributed by atoms with van der Waals surface area (Å²) < 4.78 is 5.26. The van der Waals surface area contributed by atoms with Crippen molar-refractivity contribution in [1.29, 1.82) is 0 Å². The zero-order valence-corrected chi connectivity index (χ0v) is 13.2. The van der Waals surface area contributed by atoms with Gasteiger partial charge in [-0.15, -0.1) is 0 Å². The molecule has 1 aromatic rings. The number of amides is 1. The van der Waals surface area contributed by atoms with Crippen LogP contribution in [0.1, 0.15) is 69.0 Å². The molecule has 0 aromatic carbocycles. The van der Waals surface area contributed by atoms with Gasteiger partial charge in [-0.1, -0.05) is 18.0 Å². The Morgan fingerprint density at radius 1 is 1.22 bits per heavy atom. The number of rotatable bonds is 6. The van der Waals surface area contributed by atoms with Crippen LogP contribution in [0.3, 0.4) is 0 Å². The average molecular weight is 321 g/mol. The number of carboxylic acids is 1. The molecule has 0 radical (unpaired) electrons. The van der Waals surface area contributed by atoms with Crippen LogP contribution in [-0.2, 0) is 16.0 Å². The molecule has 7 heteroatoms. The fourth-order valence-electron chi connectivity index (χ4n) is 3.65. The highest BCUT2D eigenvalue weighted by molar-refractivity contribution is 5.78. The first kappa shape index (κ1) is 16.0. The predicted molar refractivity (Wildman–Crippen MR) is 80.8 cm³/mol. The minimum atomic E-state index is -0.854. The number of hydrogen-bond acceptors (Lipinski definition) is 5. The summed E-state index contributed by atoms with van der Waals surface area (Å²) in [6.45, 7) is 0.647. The highest BCUT2D eigenvalue weighted by Gasteiger charge is 2.30. The molecule has 1 amide bonds. The molecule has 2 aliphatic rings. The molecule has 1 aromatic heterocycles. The molecule has 7 nitrogen and oxygen atoms in total. The number of aryl methyl sites for hydroxylation is 1. The third-order valence-electron chi connectivity index (χ3n) is 4.86. The maximum Gasteiger partial charge on any atom is 0.305 e. The lowest BCUT2D eigenvalue weighted by atomic mass is 10.1. The fraction of sp³-hybridized carbons (Fsp3) is 0.750. The number of carbonyl (C=O) groups is 2. The fourth-order valence-corrected chi connectivity index (χ4v) is 3.65. The minimum Gasteiger partial charge on any atom is -0.481 e. The number of carbonyl (C=O) groups excluding carboxylic acids is 1. The highest BCUT2D eigenvalue weighted by Crippen LogP contribution is 2.32. The van der Waals surface area contributed by atoms with E-state index in [9.17, 15) is 9.59 Å². The van der Waals surface area contributed by atoms with Crippen molar-refractivity contribution in [3.63, 3.8) is 0 Å². The molecule has 2 heterocycles. The largest absolute Gasteiger partial charge is 0.481 e. The van der Waals surface area contributed by atoms with E-state index in [1.807, 2.05) is 0 Å². The Bertz CT molecular complexity index is 565. The number of aliphatic carboxylic acids is 1. The SMILES string of the molecule is O=C(O)C[C@H]1CCCN1C(=O)CCc1nc(C2CCCC2)no1. The van der Waals surface area contributed by atoms with Gasteiger partial charge in [-0.2, -0.15) is 4.98 Å². The smallest absolute Gasteiger partial charge is 0.305 e. The van der Waals surface area contributed by atoms with Crippen LogP contribution in [0.25, 0.3) is 0 Å². The van der Waals surface area contributed by atoms with E-state index in [-0.39, 0.29) is 18.4 Å². The van der Waals surface area contributed by atoms with E-state index in [0.717, 1.165) is 31.5 Å². The van der Waals surface area contributed by atoms with E-state index >= 15 is 0 Å². The molecular weight excluding hydrogens is 298 g/mol. The zero-order chi connectivity index (χ0) is 16.2. The molecule has 1 aliphatic carbocycles. The van der Waals surface area contributed by atoms with E-state index in [1.165, 1.54) is 12.8 Å². The highest BCUT2D eigenvalue weighted by atomic mass is 16.5. The first-order chi connectivity index (χ1) is 11.1. The summed E-state index contributed by atoms with van der Waals surface area (Å²) in [5.74, 6) is 0.813. The standard InChI is InChI=1S/C16H23N3O4/c20-14(19-9-3-6-12(19)10-15(21)22)8-7-13-17-16(18-23-13)11-4-1-2-5-11/h11-12H,1-10H2,(H,21,22)/t12-/m1/s1. The topological polar surface area (TPSA) is 96.5 Å². The van der Waals surface area contributed by atoms with Gasteiger partial charge in [0.25, 0.3) is 0 Å². The maximum atomic E-state index is 12.3. The predicted octanol–water partition coefficient (Wildman–Crippen LogP) is 2.13. The molecule has 126 valence electrons. The molecule has 23 heavy (non-hydrogen) atoms. The summed E-state index contributed by atoms with van der Waals surface area (Å²) in [6, 6.07) is -0.170. The third kappa shape index (κ3) is 3.89. The number of nitrogens with zero attached hydrogens (tertiary/aromatic N) is 3. The lowest BCUT2D eigenvalue weighted by Gasteiger charge is -2.23. The van der Waals surface area contributed by atoms with Gasteiger partial charge in [-0.3, -0.25) is 9.59 Å². The van der Waals surface area contributed by atoms with Crippen LogP contribution < -0.4 is 0 Å². The Balaban J connectivity index is 1.51. The second kappa shape index (κ2) is 7.10. The summed E-state index contributed by atoms with van der Waals surface area (Å²) in [7, 11) is 0. The van der Waals surface area contributed by atoms with E-state index in [0.29, 0.717) is 31.2 Å². The molecule has 2 fully saturated rings. The third-order valence-corrected chi connectivity index (χ3v) is 4.86. The molecule has 1 atom stereocenters. The van der Waals surface area contributed by atoms with Crippen molar-refractivity contribution in [1.82, 2.24) is 15.0 Å². The van der Waals surface area contributed by atoms with Gasteiger partial charge < -0.3 is 14.5 Å². The van der Waals surface area contributed by atoms with Gasteiger partial charge in [-0.05, 0) is 25.7 Å². The Labute approximate surface area is 135 Å². The Kier molecular flexibility index (Phi) is 4.93. The van der Waals surface area contributed by atoms with Crippen LogP contribution in [0.2, 0.25) is 0 Å². The van der Waals surface area contributed by atoms with E-state index in [1.54, 1.807) is 4.90 Å². The quantitative estimate of drug-likeness (QED) is 0.862. The molecular formula is C16H23N3O4. The summed E-state index contributed by atoms with van der Waals surface area (Å²) in [5, 5.41) is 13.0. The monoisotopic (exact) mass is 321 g/mol. The van der Waals surface area contributed by atoms with Gasteiger partial charge in [0.2, 0.25) is 11.8 Å². The lowest BCUT2D eigenvalue weighted by molar-refractivity contribution is -0.139. The molecule has 0 spiro atoms. The van der Waals surface area contributed by atoms with Crippen molar-refractivity contribution in [3.05, 3.63) is 11.7 Å². The van der Waals surface area contributed by atoms with Crippen molar-refractivity contribution in [3.8, 4) is 0 Å². The van der Waals surface area contributed by atoms with Gasteiger partial charge in [0.15, 0.2) is 5.82 Å². The number of carboxylic acid groups (broad SMARTS) is 1. The minimum absolute atomic E-state index is 0.0191. The van der Waals surface area contributed by atoms with Gasteiger partial charge in [0.05, 0.1) is 6.42 Å². The van der Waals surface area contributed by atoms with Crippen LogP contribution in [-0.4, -0.2) is 44.6 Å².